The standard InChI is InChI=1S/C16H22N6O2/c1-11-10-14(18-12(2)17-11)21-6-8-22(9-7-21)16(24)13-4-5-15(23)20(3)19-13/h10H,4-9H2,1-3H3. The molecule has 3 rings (SSSR count). The van der Waals surface area contributed by atoms with Gasteiger partial charge < -0.3 is 9.80 Å². The van der Waals surface area contributed by atoms with Crippen LogP contribution < -0.4 is 4.90 Å². The average Bonchev–Trinajstić information content (AvgIpc) is 2.56. The normalized spacial score (nSPS) is 18.7. The molecular formula is C16H22N6O2. The highest BCUT2D eigenvalue weighted by atomic mass is 16.2. The Morgan fingerprint density at radius 1 is 1.08 bits per heavy atom. The summed E-state index contributed by atoms with van der Waals surface area (Å²) in [6, 6.07) is 1.97. The maximum atomic E-state index is 12.6. The molecule has 8 heteroatoms. The molecule has 0 radical (unpaired) electrons. The maximum Gasteiger partial charge on any atom is 0.270 e. The molecule has 0 N–H and O–H groups in total. The summed E-state index contributed by atoms with van der Waals surface area (Å²) in [5.74, 6) is 1.55. The third-order valence-corrected chi connectivity index (χ3v) is 4.30. The number of amides is 2. The smallest absolute Gasteiger partial charge is 0.270 e. The van der Waals surface area contributed by atoms with Gasteiger partial charge in [-0.15, -0.1) is 0 Å². The van der Waals surface area contributed by atoms with Crippen molar-refractivity contribution in [3.63, 3.8) is 0 Å². The maximum absolute atomic E-state index is 12.6. The minimum atomic E-state index is -0.0657. The zero-order valence-electron chi connectivity index (χ0n) is 14.3. The molecule has 0 aliphatic carbocycles. The second-order valence-corrected chi connectivity index (χ2v) is 6.16. The first kappa shape index (κ1) is 16.4. The van der Waals surface area contributed by atoms with Gasteiger partial charge in [-0.3, -0.25) is 9.59 Å². The SMILES string of the molecule is Cc1cc(N2CCN(C(=O)C3=NN(C)C(=O)CC3)CC2)nc(C)n1. The van der Waals surface area contributed by atoms with Crippen molar-refractivity contribution in [1.82, 2.24) is 19.9 Å². The van der Waals surface area contributed by atoms with Crippen LogP contribution in [0.5, 0.6) is 0 Å². The molecule has 2 amide bonds. The van der Waals surface area contributed by atoms with Crippen molar-refractivity contribution in [2.75, 3.05) is 38.1 Å². The Hall–Kier alpha value is -2.51. The highest BCUT2D eigenvalue weighted by molar-refractivity contribution is 6.39. The van der Waals surface area contributed by atoms with Gasteiger partial charge >= 0.3 is 0 Å². The predicted octanol–water partition coefficient (Wildman–Crippen LogP) is 0.350. The monoisotopic (exact) mass is 330 g/mol. The Morgan fingerprint density at radius 3 is 2.42 bits per heavy atom. The number of rotatable bonds is 2. The van der Waals surface area contributed by atoms with Crippen molar-refractivity contribution in [2.45, 2.75) is 26.7 Å². The van der Waals surface area contributed by atoms with Crippen LogP contribution in [0.15, 0.2) is 11.2 Å². The summed E-state index contributed by atoms with van der Waals surface area (Å²) in [5, 5.41) is 5.38. The Balaban J connectivity index is 1.63. The average molecular weight is 330 g/mol. The third kappa shape index (κ3) is 3.37. The number of carbonyl (C=O) groups excluding carboxylic acids is 2. The van der Waals surface area contributed by atoms with Gasteiger partial charge in [-0.05, 0) is 13.8 Å². The summed E-state index contributed by atoms with van der Waals surface area (Å²) in [6.45, 7) is 6.54. The number of nitrogens with zero attached hydrogens (tertiary/aromatic N) is 6. The molecule has 2 aliphatic heterocycles. The van der Waals surface area contributed by atoms with E-state index in [-0.39, 0.29) is 11.8 Å². The lowest BCUT2D eigenvalue weighted by atomic mass is 10.1. The lowest BCUT2D eigenvalue weighted by Gasteiger charge is -2.36. The van der Waals surface area contributed by atoms with Crippen molar-refractivity contribution in [3.05, 3.63) is 17.6 Å². The van der Waals surface area contributed by atoms with Crippen molar-refractivity contribution in [2.24, 2.45) is 5.10 Å². The number of piperazine rings is 1. The first-order valence-electron chi connectivity index (χ1n) is 8.14. The zero-order chi connectivity index (χ0) is 17.3. The van der Waals surface area contributed by atoms with E-state index in [2.05, 4.69) is 20.0 Å². The fraction of sp³-hybridized carbons (Fsp3) is 0.562. The van der Waals surface area contributed by atoms with Gasteiger partial charge in [0, 0.05) is 57.8 Å². The van der Waals surface area contributed by atoms with Gasteiger partial charge in [0.1, 0.15) is 17.4 Å². The molecule has 1 saturated heterocycles. The molecule has 8 nitrogen and oxygen atoms in total. The molecule has 1 fully saturated rings. The summed E-state index contributed by atoms with van der Waals surface area (Å²) in [5.41, 5.74) is 1.42. The molecule has 3 heterocycles. The zero-order valence-corrected chi connectivity index (χ0v) is 14.3. The predicted molar refractivity (Wildman–Crippen MR) is 89.7 cm³/mol. The van der Waals surface area contributed by atoms with E-state index >= 15 is 0 Å². The molecule has 0 saturated carbocycles. The molecule has 128 valence electrons. The fourth-order valence-corrected chi connectivity index (χ4v) is 3.00. The van der Waals surface area contributed by atoms with E-state index in [1.165, 1.54) is 5.01 Å². The van der Waals surface area contributed by atoms with Gasteiger partial charge in [-0.1, -0.05) is 0 Å². The van der Waals surface area contributed by atoms with Crippen LogP contribution >= 0.6 is 0 Å². The number of hydrazone groups is 1. The van der Waals surface area contributed by atoms with Crippen molar-refractivity contribution >= 4 is 23.3 Å². The van der Waals surface area contributed by atoms with Gasteiger partial charge in [0.25, 0.3) is 5.91 Å². The minimum Gasteiger partial charge on any atom is -0.353 e. The van der Waals surface area contributed by atoms with Crippen molar-refractivity contribution in [3.8, 4) is 0 Å². The Labute approximate surface area is 141 Å². The van der Waals surface area contributed by atoms with Crippen LogP contribution in [0.1, 0.15) is 24.4 Å². The largest absolute Gasteiger partial charge is 0.353 e. The molecule has 0 bridgehead atoms. The van der Waals surface area contributed by atoms with Crippen molar-refractivity contribution < 1.29 is 9.59 Å². The molecular weight excluding hydrogens is 308 g/mol. The minimum absolute atomic E-state index is 0.0501. The van der Waals surface area contributed by atoms with Gasteiger partial charge in [0.15, 0.2) is 0 Å². The Bertz CT molecular complexity index is 674. The summed E-state index contributed by atoms with van der Waals surface area (Å²) >= 11 is 0. The van der Waals surface area contributed by atoms with Gasteiger partial charge in [0.05, 0.1) is 0 Å². The Morgan fingerprint density at radius 2 is 1.79 bits per heavy atom. The molecule has 0 spiro atoms. The third-order valence-electron chi connectivity index (χ3n) is 4.30. The summed E-state index contributed by atoms with van der Waals surface area (Å²) in [7, 11) is 1.59. The molecule has 1 aromatic heterocycles. The van der Waals surface area contributed by atoms with Crippen LogP contribution in [-0.4, -0.2) is 70.6 Å². The number of aryl methyl sites for hydroxylation is 2. The van der Waals surface area contributed by atoms with E-state index in [0.717, 1.165) is 30.4 Å². The molecule has 0 aromatic carbocycles. The van der Waals surface area contributed by atoms with Gasteiger partial charge in [-0.2, -0.15) is 5.10 Å². The summed E-state index contributed by atoms with van der Waals surface area (Å²) in [4.78, 5) is 36.8. The van der Waals surface area contributed by atoms with Crippen LogP contribution in [0, 0.1) is 13.8 Å². The second-order valence-electron chi connectivity index (χ2n) is 6.16. The van der Waals surface area contributed by atoms with E-state index in [1.807, 2.05) is 19.9 Å². The van der Waals surface area contributed by atoms with Crippen molar-refractivity contribution in [1.29, 1.82) is 0 Å². The molecule has 0 unspecified atom stereocenters. The number of hydrogen-bond acceptors (Lipinski definition) is 6. The topological polar surface area (TPSA) is 82.0 Å². The number of carbonyl (C=O) groups is 2. The quantitative estimate of drug-likeness (QED) is 0.781. The van der Waals surface area contributed by atoms with Gasteiger partial charge in [0.2, 0.25) is 5.91 Å². The lowest BCUT2D eigenvalue weighted by molar-refractivity contribution is -0.130. The number of anilines is 1. The highest BCUT2D eigenvalue weighted by Crippen LogP contribution is 2.16. The van der Waals surface area contributed by atoms with E-state index in [9.17, 15) is 9.59 Å². The molecule has 2 aliphatic rings. The van der Waals surface area contributed by atoms with Crippen LogP contribution in [0.4, 0.5) is 5.82 Å². The first-order valence-corrected chi connectivity index (χ1v) is 8.14. The van der Waals surface area contributed by atoms with Gasteiger partial charge in [-0.25, -0.2) is 15.0 Å². The summed E-state index contributed by atoms with van der Waals surface area (Å²) in [6.07, 6.45) is 0.771. The van der Waals surface area contributed by atoms with Crippen LogP contribution in [0.25, 0.3) is 0 Å². The van der Waals surface area contributed by atoms with Crippen LogP contribution in [-0.2, 0) is 9.59 Å². The molecule has 24 heavy (non-hydrogen) atoms. The number of aromatic nitrogens is 2. The van der Waals surface area contributed by atoms with E-state index < -0.39 is 0 Å². The second kappa shape index (κ2) is 6.54. The number of hydrogen-bond donors (Lipinski definition) is 0. The Kier molecular flexibility index (Phi) is 4.46. The fourth-order valence-electron chi connectivity index (χ4n) is 3.00. The van der Waals surface area contributed by atoms with E-state index in [1.54, 1.807) is 11.9 Å². The van der Waals surface area contributed by atoms with Crippen LogP contribution in [0.3, 0.4) is 0 Å². The van der Waals surface area contributed by atoms with E-state index in [0.29, 0.717) is 31.6 Å². The lowest BCUT2D eigenvalue weighted by Crippen LogP contribution is -2.51. The highest BCUT2D eigenvalue weighted by Gasteiger charge is 2.28. The van der Waals surface area contributed by atoms with E-state index in [4.69, 9.17) is 0 Å². The first-order chi connectivity index (χ1) is 11.4. The molecule has 0 atom stereocenters. The summed E-state index contributed by atoms with van der Waals surface area (Å²) < 4.78 is 0. The van der Waals surface area contributed by atoms with Crippen LogP contribution in [0.2, 0.25) is 0 Å². The molecule has 1 aromatic rings.